The molecule has 0 bridgehead atoms. The van der Waals surface area contributed by atoms with Crippen molar-refractivity contribution in [1.29, 1.82) is 0 Å². The summed E-state index contributed by atoms with van der Waals surface area (Å²) >= 11 is 0. The summed E-state index contributed by atoms with van der Waals surface area (Å²) in [5.41, 5.74) is 2.44. The second kappa shape index (κ2) is 7.51. The summed E-state index contributed by atoms with van der Waals surface area (Å²) in [6.45, 7) is 7.97. The fraction of sp³-hybridized carbons (Fsp3) is 0.200. The van der Waals surface area contributed by atoms with Crippen molar-refractivity contribution in [3.63, 3.8) is 0 Å². The Kier molecular flexibility index (Phi) is 5.42. The van der Waals surface area contributed by atoms with Crippen LogP contribution in [0.4, 0.5) is 0 Å². The van der Waals surface area contributed by atoms with Crippen LogP contribution in [0.1, 0.15) is 25.0 Å². The van der Waals surface area contributed by atoms with Gasteiger partial charge in [0.05, 0.1) is 0 Å². The van der Waals surface area contributed by atoms with Gasteiger partial charge in [-0.05, 0) is 64.1 Å². The van der Waals surface area contributed by atoms with Crippen LogP contribution in [-0.4, -0.2) is 0 Å². The molecule has 2 heteroatoms. The first-order valence-electron chi connectivity index (χ1n) is 7.37. The van der Waals surface area contributed by atoms with Crippen molar-refractivity contribution in [2.24, 2.45) is 0 Å². The zero-order chi connectivity index (χ0) is 15.9. The Hall–Kier alpha value is -2.48. The predicted molar refractivity (Wildman–Crippen MR) is 91.1 cm³/mol. The van der Waals surface area contributed by atoms with Gasteiger partial charge in [-0.3, -0.25) is 0 Å². The van der Waals surface area contributed by atoms with E-state index < -0.39 is 0 Å². The van der Waals surface area contributed by atoms with Gasteiger partial charge in [-0.1, -0.05) is 35.4 Å². The molecule has 2 aromatic carbocycles. The maximum atomic E-state index is 5.75. The molecule has 0 aliphatic heterocycles. The molecule has 0 unspecified atom stereocenters. The van der Waals surface area contributed by atoms with E-state index in [9.17, 15) is 0 Å². The minimum absolute atomic E-state index is 0.815. The molecule has 0 N–H and O–H groups in total. The lowest BCUT2D eigenvalue weighted by atomic mass is 10.2. The summed E-state index contributed by atoms with van der Waals surface area (Å²) in [7, 11) is 0. The van der Waals surface area contributed by atoms with Gasteiger partial charge in [0.1, 0.15) is 23.0 Å². The highest BCUT2D eigenvalue weighted by atomic mass is 16.5. The predicted octanol–water partition coefficient (Wildman–Crippen LogP) is 5.57. The average Bonchev–Trinajstić information content (AvgIpc) is 2.50. The minimum atomic E-state index is 0.815. The van der Waals surface area contributed by atoms with E-state index in [0.29, 0.717) is 0 Å². The molecule has 0 atom stereocenters. The van der Waals surface area contributed by atoms with Crippen LogP contribution in [0, 0.1) is 13.8 Å². The minimum Gasteiger partial charge on any atom is -0.462 e. The Labute approximate surface area is 132 Å². The van der Waals surface area contributed by atoms with Crippen LogP contribution in [0.3, 0.4) is 0 Å². The first-order chi connectivity index (χ1) is 10.5. The fourth-order valence-electron chi connectivity index (χ4n) is 1.89. The topological polar surface area (TPSA) is 18.5 Å². The van der Waals surface area contributed by atoms with Gasteiger partial charge in [-0.25, -0.2) is 0 Å². The number of ether oxygens (including phenoxy) is 2. The molecule has 2 nitrogen and oxygen atoms in total. The Morgan fingerprint density at radius 1 is 0.636 bits per heavy atom. The van der Waals surface area contributed by atoms with Crippen molar-refractivity contribution in [3.05, 3.63) is 83.3 Å². The van der Waals surface area contributed by atoms with Crippen LogP contribution in [0.15, 0.2) is 72.2 Å². The van der Waals surface area contributed by atoms with Gasteiger partial charge in [-0.2, -0.15) is 0 Å². The quantitative estimate of drug-likeness (QED) is 0.530. The molecule has 0 saturated heterocycles. The van der Waals surface area contributed by atoms with Crippen LogP contribution < -0.4 is 9.47 Å². The number of allylic oxidation sites excluding steroid dienone is 4. The fourth-order valence-corrected chi connectivity index (χ4v) is 1.89. The third-order valence-corrected chi connectivity index (χ3v) is 3.15. The van der Waals surface area contributed by atoms with Crippen molar-refractivity contribution in [3.8, 4) is 11.5 Å². The summed E-state index contributed by atoms with van der Waals surface area (Å²) in [6.07, 6.45) is 3.81. The molecule has 114 valence electrons. The molecular weight excluding hydrogens is 272 g/mol. The molecule has 0 radical (unpaired) electrons. The van der Waals surface area contributed by atoms with Crippen molar-refractivity contribution in [2.75, 3.05) is 0 Å². The van der Waals surface area contributed by atoms with Crippen molar-refractivity contribution in [2.45, 2.75) is 27.7 Å². The third kappa shape index (κ3) is 5.13. The summed E-state index contributed by atoms with van der Waals surface area (Å²) in [4.78, 5) is 0. The monoisotopic (exact) mass is 294 g/mol. The zero-order valence-corrected chi connectivity index (χ0v) is 13.6. The van der Waals surface area contributed by atoms with Crippen LogP contribution in [-0.2, 0) is 0 Å². The van der Waals surface area contributed by atoms with E-state index in [-0.39, 0.29) is 0 Å². The van der Waals surface area contributed by atoms with E-state index in [1.807, 2.05) is 74.5 Å². The van der Waals surface area contributed by atoms with Gasteiger partial charge < -0.3 is 9.47 Å². The molecule has 0 aromatic heterocycles. The number of aryl methyl sites for hydroxylation is 2. The molecule has 0 spiro atoms. The Balaban J connectivity index is 1.95. The largest absolute Gasteiger partial charge is 0.462 e. The van der Waals surface area contributed by atoms with Gasteiger partial charge >= 0.3 is 0 Å². The maximum Gasteiger partial charge on any atom is 0.126 e. The molecule has 22 heavy (non-hydrogen) atoms. The number of hydrogen-bond donors (Lipinski definition) is 0. The smallest absolute Gasteiger partial charge is 0.126 e. The zero-order valence-electron chi connectivity index (χ0n) is 13.6. The van der Waals surface area contributed by atoms with E-state index in [4.69, 9.17) is 9.47 Å². The molecule has 0 heterocycles. The first-order valence-corrected chi connectivity index (χ1v) is 7.37. The average molecular weight is 294 g/mol. The van der Waals surface area contributed by atoms with Gasteiger partial charge in [-0.15, -0.1) is 0 Å². The van der Waals surface area contributed by atoms with E-state index in [1.165, 1.54) is 11.1 Å². The lowest BCUT2D eigenvalue weighted by molar-refractivity contribution is 0.420. The molecule has 0 fully saturated rings. The Morgan fingerprint density at radius 3 is 1.27 bits per heavy atom. The summed E-state index contributed by atoms with van der Waals surface area (Å²) < 4.78 is 11.5. The van der Waals surface area contributed by atoms with E-state index in [2.05, 4.69) is 13.8 Å². The highest BCUT2D eigenvalue weighted by molar-refractivity contribution is 5.29. The SMILES string of the molecule is C/C(=C\C=C(/C)Oc1ccc(C)cc1)Oc1ccc(C)cc1. The van der Waals surface area contributed by atoms with Gasteiger partial charge in [0.15, 0.2) is 0 Å². The molecular formula is C20H22O2. The molecule has 2 rings (SSSR count). The summed E-state index contributed by atoms with van der Waals surface area (Å²) in [5.74, 6) is 3.31. The molecule has 0 amide bonds. The van der Waals surface area contributed by atoms with Crippen LogP contribution in [0.5, 0.6) is 11.5 Å². The Morgan fingerprint density at radius 2 is 0.955 bits per heavy atom. The van der Waals surface area contributed by atoms with Crippen molar-refractivity contribution >= 4 is 0 Å². The first kappa shape index (κ1) is 15.9. The summed E-state index contributed by atoms with van der Waals surface area (Å²) in [6, 6.07) is 16.0. The lowest BCUT2D eigenvalue weighted by Gasteiger charge is -2.07. The summed E-state index contributed by atoms with van der Waals surface area (Å²) in [5, 5.41) is 0. The highest BCUT2D eigenvalue weighted by Gasteiger charge is 1.96. The number of rotatable bonds is 5. The number of hydrogen-bond acceptors (Lipinski definition) is 2. The van der Waals surface area contributed by atoms with E-state index >= 15 is 0 Å². The van der Waals surface area contributed by atoms with Crippen molar-refractivity contribution in [1.82, 2.24) is 0 Å². The lowest BCUT2D eigenvalue weighted by Crippen LogP contribution is -1.92. The Bertz CT molecular complexity index is 600. The molecule has 2 aromatic rings. The van der Waals surface area contributed by atoms with Gasteiger partial charge in [0, 0.05) is 0 Å². The van der Waals surface area contributed by atoms with E-state index in [0.717, 1.165) is 23.0 Å². The van der Waals surface area contributed by atoms with Crippen LogP contribution >= 0.6 is 0 Å². The van der Waals surface area contributed by atoms with Crippen LogP contribution in [0.25, 0.3) is 0 Å². The van der Waals surface area contributed by atoms with E-state index in [1.54, 1.807) is 0 Å². The number of benzene rings is 2. The highest BCUT2D eigenvalue weighted by Crippen LogP contribution is 2.16. The normalized spacial score (nSPS) is 12.2. The molecule has 0 aliphatic carbocycles. The van der Waals surface area contributed by atoms with Crippen LogP contribution in [0.2, 0.25) is 0 Å². The molecule has 0 aliphatic rings. The third-order valence-electron chi connectivity index (χ3n) is 3.15. The standard InChI is InChI=1S/C20H22O2/c1-15-5-11-19(12-6-15)21-17(3)9-10-18(4)22-20-13-7-16(2)8-14-20/h5-14H,1-4H3/b17-9+,18-10+. The maximum absolute atomic E-state index is 5.75. The van der Waals surface area contributed by atoms with Gasteiger partial charge in [0.2, 0.25) is 0 Å². The second-order valence-corrected chi connectivity index (χ2v) is 5.38. The second-order valence-electron chi connectivity index (χ2n) is 5.38. The molecule has 0 saturated carbocycles. The van der Waals surface area contributed by atoms with Crippen molar-refractivity contribution < 1.29 is 9.47 Å². The van der Waals surface area contributed by atoms with Gasteiger partial charge in [0.25, 0.3) is 0 Å².